The van der Waals surface area contributed by atoms with Gasteiger partial charge in [0, 0.05) is 42.7 Å². The van der Waals surface area contributed by atoms with Crippen LogP contribution in [0.1, 0.15) is 28.7 Å². The molecule has 0 aliphatic carbocycles. The monoisotopic (exact) mass is 378 g/mol. The minimum atomic E-state index is -0.464. The molecule has 0 amide bonds. The lowest BCUT2D eigenvalue weighted by molar-refractivity contribution is -0.384. The molecule has 144 valence electrons. The predicted octanol–water partition coefficient (Wildman–Crippen LogP) is 4.08. The molecule has 0 radical (unpaired) electrons. The fourth-order valence-electron chi connectivity index (χ4n) is 3.01. The third-order valence-corrected chi connectivity index (χ3v) is 4.57. The summed E-state index contributed by atoms with van der Waals surface area (Å²) >= 11 is 0. The van der Waals surface area contributed by atoms with Gasteiger partial charge in [0.1, 0.15) is 11.5 Å². The number of nitro groups is 1. The molecule has 0 spiro atoms. The zero-order valence-corrected chi connectivity index (χ0v) is 15.8. The summed E-state index contributed by atoms with van der Waals surface area (Å²) in [6.45, 7) is 5.32. The quantitative estimate of drug-likeness (QED) is 0.362. The molecule has 0 saturated heterocycles. The van der Waals surface area contributed by atoms with Gasteiger partial charge < -0.3 is 9.88 Å². The molecule has 1 heterocycles. The first-order chi connectivity index (χ1) is 13.5. The van der Waals surface area contributed by atoms with Crippen LogP contribution in [-0.2, 0) is 6.54 Å². The van der Waals surface area contributed by atoms with E-state index in [-0.39, 0.29) is 17.4 Å². The molecular weight excluding hydrogens is 356 g/mol. The summed E-state index contributed by atoms with van der Waals surface area (Å²) in [5.41, 5.74) is 1.10. The fraction of sp³-hybridized carbons (Fsp3) is 0.238. The average molecular weight is 378 g/mol. The van der Waals surface area contributed by atoms with Crippen molar-refractivity contribution >= 4 is 17.2 Å². The summed E-state index contributed by atoms with van der Waals surface area (Å²) in [5.74, 6) is 0.930. The summed E-state index contributed by atoms with van der Waals surface area (Å²) in [6.07, 6.45) is 3.67. The Balaban J connectivity index is 1.73. The van der Waals surface area contributed by atoms with Crippen molar-refractivity contribution in [2.24, 2.45) is 5.92 Å². The Morgan fingerprint density at radius 3 is 2.61 bits per heavy atom. The maximum atomic E-state index is 12.6. The molecule has 2 aromatic carbocycles. The Bertz CT molecular complexity index is 982. The summed E-state index contributed by atoms with van der Waals surface area (Å²) in [7, 11) is 0. The summed E-state index contributed by atoms with van der Waals surface area (Å²) in [5, 5.41) is 14.7. The number of imidazole rings is 1. The normalized spacial score (nSPS) is 11.8. The molecule has 0 saturated carbocycles. The van der Waals surface area contributed by atoms with Crippen LogP contribution < -0.4 is 5.32 Å². The van der Waals surface area contributed by atoms with Crippen molar-refractivity contribution in [2.45, 2.75) is 20.4 Å². The minimum absolute atomic E-state index is 0.104. The van der Waals surface area contributed by atoms with E-state index in [0.29, 0.717) is 23.4 Å². The molecule has 0 fully saturated rings. The zero-order chi connectivity index (χ0) is 20.1. The van der Waals surface area contributed by atoms with Crippen LogP contribution in [0, 0.1) is 23.0 Å². The molecule has 0 aliphatic heterocycles. The van der Waals surface area contributed by atoms with Crippen LogP contribution in [-0.4, -0.2) is 26.8 Å². The molecule has 7 nitrogen and oxygen atoms in total. The molecule has 1 N–H and O–H groups in total. The van der Waals surface area contributed by atoms with Gasteiger partial charge >= 0.3 is 0 Å². The van der Waals surface area contributed by atoms with E-state index in [9.17, 15) is 14.9 Å². The number of hydrogen-bond acceptors (Lipinski definition) is 5. The van der Waals surface area contributed by atoms with Crippen LogP contribution in [0.4, 0.5) is 11.4 Å². The molecule has 1 aromatic heterocycles. The highest BCUT2D eigenvalue weighted by Gasteiger charge is 2.19. The zero-order valence-electron chi connectivity index (χ0n) is 15.8. The third-order valence-electron chi connectivity index (χ3n) is 4.57. The topological polar surface area (TPSA) is 90.1 Å². The molecule has 28 heavy (non-hydrogen) atoms. The maximum Gasteiger partial charge on any atom is 0.293 e. The highest BCUT2D eigenvalue weighted by atomic mass is 16.6. The predicted molar refractivity (Wildman–Crippen MR) is 108 cm³/mol. The molecule has 1 atom stereocenters. The molecule has 3 rings (SSSR count). The van der Waals surface area contributed by atoms with E-state index in [2.05, 4.69) is 17.2 Å². The molecule has 0 bridgehead atoms. The van der Waals surface area contributed by atoms with Crippen molar-refractivity contribution in [3.05, 3.63) is 88.0 Å². The second-order valence-electron chi connectivity index (χ2n) is 6.80. The molecule has 0 aliphatic rings. The van der Waals surface area contributed by atoms with Crippen LogP contribution in [0.3, 0.4) is 0 Å². The summed E-state index contributed by atoms with van der Waals surface area (Å²) in [4.78, 5) is 27.8. The lowest BCUT2D eigenvalue weighted by Crippen LogP contribution is -2.18. The lowest BCUT2D eigenvalue weighted by atomic mass is 10.0. The van der Waals surface area contributed by atoms with Crippen molar-refractivity contribution in [3.8, 4) is 0 Å². The number of nitrogens with zero attached hydrogens (tertiary/aromatic N) is 3. The van der Waals surface area contributed by atoms with Crippen molar-refractivity contribution in [2.75, 3.05) is 11.9 Å². The van der Waals surface area contributed by atoms with Gasteiger partial charge in [0.2, 0.25) is 0 Å². The first kappa shape index (κ1) is 19.3. The van der Waals surface area contributed by atoms with Gasteiger partial charge in [0.05, 0.1) is 4.92 Å². The van der Waals surface area contributed by atoms with Gasteiger partial charge in [-0.3, -0.25) is 14.9 Å². The Labute approximate surface area is 163 Å². The van der Waals surface area contributed by atoms with E-state index >= 15 is 0 Å². The van der Waals surface area contributed by atoms with E-state index in [1.54, 1.807) is 42.6 Å². The number of carbonyl (C=O) groups is 1. The van der Waals surface area contributed by atoms with Crippen LogP contribution in [0.2, 0.25) is 0 Å². The van der Waals surface area contributed by atoms with Gasteiger partial charge in [-0.25, -0.2) is 4.98 Å². The van der Waals surface area contributed by atoms with Gasteiger partial charge in [-0.05, 0) is 25.0 Å². The minimum Gasteiger partial charge on any atom is -0.379 e. The SMILES string of the molecule is Cc1nccn1CC(C)CNc1ccc(C(=O)c2ccccc2)cc1[N+](=O)[O-]. The van der Waals surface area contributed by atoms with Gasteiger partial charge in [0.25, 0.3) is 5.69 Å². The Kier molecular flexibility index (Phi) is 5.84. The Morgan fingerprint density at radius 2 is 1.96 bits per heavy atom. The largest absolute Gasteiger partial charge is 0.379 e. The van der Waals surface area contributed by atoms with E-state index in [1.165, 1.54) is 6.07 Å². The number of anilines is 1. The number of hydrogen-bond donors (Lipinski definition) is 1. The average Bonchev–Trinajstić information content (AvgIpc) is 3.10. The van der Waals surface area contributed by atoms with E-state index in [0.717, 1.165) is 12.4 Å². The van der Waals surface area contributed by atoms with Crippen LogP contribution in [0.25, 0.3) is 0 Å². The second-order valence-corrected chi connectivity index (χ2v) is 6.80. The summed E-state index contributed by atoms with van der Waals surface area (Å²) in [6, 6.07) is 13.3. The van der Waals surface area contributed by atoms with E-state index < -0.39 is 4.92 Å². The van der Waals surface area contributed by atoms with Gasteiger partial charge in [-0.2, -0.15) is 0 Å². The molecular formula is C21H22N4O3. The first-order valence-corrected chi connectivity index (χ1v) is 9.05. The maximum absolute atomic E-state index is 12.6. The van der Waals surface area contributed by atoms with Crippen LogP contribution in [0.5, 0.6) is 0 Å². The number of nitro benzene ring substituents is 1. The molecule has 3 aromatic rings. The van der Waals surface area contributed by atoms with Crippen molar-refractivity contribution in [1.29, 1.82) is 0 Å². The second kappa shape index (κ2) is 8.47. The number of carbonyl (C=O) groups excluding carboxylic acids is 1. The van der Waals surface area contributed by atoms with Gasteiger partial charge in [-0.1, -0.05) is 37.3 Å². The van der Waals surface area contributed by atoms with Gasteiger partial charge in [0.15, 0.2) is 5.78 Å². The summed E-state index contributed by atoms with van der Waals surface area (Å²) < 4.78 is 2.04. The van der Waals surface area contributed by atoms with Gasteiger partial charge in [-0.15, -0.1) is 0 Å². The standard InChI is InChI=1S/C21H22N4O3/c1-15(14-24-11-10-22-16(24)2)13-23-19-9-8-18(12-20(19)25(27)28)21(26)17-6-4-3-5-7-17/h3-12,15,23H,13-14H2,1-2H3. The van der Waals surface area contributed by atoms with Crippen LogP contribution in [0.15, 0.2) is 60.9 Å². The Hall–Kier alpha value is -3.48. The molecule has 7 heteroatoms. The number of rotatable bonds is 8. The van der Waals surface area contributed by atoms with Crippen molar-refractivity contribution < 1.29 is 9.72 Å². The fourth-order valence-corrected chi connectivity index (χ4v) is 3.01. The number of ketones is 1. The van der Waals surface area contributed by atoms with E-state index in [4.69, 9.17) is 0 Å². The lowest BCUT2D eigenvalue weighted by Gasteiger charge is -2.15. The number of aromatic nitrogens is 2. The van der Waals surface area contributed by atoms with Crippen molar-refractivity contribution in [3.63, 3.8) is 0 Å². The van der Waals surface area contributed by atoms with E-state index in [1.807, 2.05) is 23.8 Å². The molecule has 1 unspecified atom stereocenters. The third kappa shape index (κ3) is 4.43. The highest BCUT2D eigenvalue weighted by molar-refractivity contribution is 6.09. The first-order valence-electron chi connectivity index (χ1n) is 9.05. The Morgan fingerprint density at radius 1 is 1.21 bits per heavy atom. The highest BCUT2D eigenvalue weighted by Crippen LogP contribution is 2.27. The number of aryl methyl sites for hydroxylation is 1. The number of benzene rings is 2. The van der Waals surface area contributed by atoms with Crippen LogP contribution >= 0.6 is 0 Å². The van der Waals surface area contributed by atoms with Crippen molar-refractivity contribution in [1.82, 2.24) is 9.55 Å². The number of nitrogens with one attached hydrogen (secondary N) is 1. The smallest absolute Gasteiger partial charge is 0.293 e.